The van der Waals surface area contributed by atoms with Crippen LogP contribution in [0.1, 0.15) is 24.1 Å². The third-order valence-electron chi connectivity index (χ3n) is 5.83. The van der Waals surface area contributed by atoms with Gasteiger partial charge in [0.05, 0.1) is 37.2 Å². The number of aryl methyl sites for hydroxylation is 1. The fraction of sp³-hybridized carbons (Fsp3) is 0.476. The normalized spacial score (nSPS) is 18.7. The highest BCUT2D eigenvalue weighted by atomic mass is 16.5. The number of nitrogens with zero attached hydrogens (tertiary/aromatic N) is 4. The predicted octanol–water partition coefficient (Wildman–Crippen LogP) is 2.95. The average molecular weight is 366 g/mol. The minimum atomic E-state index is 0.288. The van der Waals surface area contributed by atoms with Crippen molar-refractivity contribution in [1.29, 1.82) is 0 Å². The molecule has 0 aliphatic carbocycles. The van der Waals surface area contributed by atoms with Crippen molar-refractivity contribution >= 4 is 10.9 Å². The van der Waals surface area contributed by atoms with E-state index in [-0.39, 0.29) is 6.10 Å². The molecule has 0 bridgehead atoms. The van der Waals surface area contributed by atoms with Crippen LogP contribution in [0.4, 0.5) is 0 Å². The largest absolute Gasteiger partial charge is 0.490 e. The van der Waals surface area contributed by atoms with E-state index in [1.54, 1.807) is 0 Å². The van der Waals surface area contributed by atoms with Gasteiger partial charge in [-0.3, -0.25) is 9.58 Å². The van der Waals surface area contributed by atoms with Crippen molar-refractivity contribution in [1.82, 2.24) is 19.2 Å². The molecule has 0 spiro atoms. The van der Waals surface area contributed by atoms with Gasteiger partial charge in [0.15, 0.2) is 0 Å². The van der Waals surface area contributed by atoms with Crippen molar-refractivity contribution in [3.05, 3.63) is 47.9 Å². The number of likely N-dealkylation sites (tertiary alicyclic amines) is 1. The van der Waals surface area contributed by atoms with Crippen LogP contribution >= 0.6 is 0 Å². The molecule has 2 aliphatic rings. The molecule has 142 valence electrons. The van der Waals surface area contributed by atoms with Gasteiger partial charge >= 0.3 is 0 Å². The number of aromatic nitrogens is 3. The molecule has 6 nitrogen and oxygen atoms in total. The Bertz CT molecular complexity index is 937. The van der Waals surface area contributed by atoms with Crippen LogP contribution in [0.15, 0.2) is 36.7 Å². The number of ether oxygens (including phenoxy) is 2. The van der Waals surface area contributed by atoms with Gasteiger partial charge in [0, 0.05) is 43.8 Å². The maximum atomic E-state index is 6.38. The fourth-order valence-electron chi connectivity index (χ4n) is 4.24. The van der Waals surface area contributed by atoms with Gasteiger partial charge in [0.1, 0.15) is 11.9 Å². The van der Waals surface area contributed by atoms with E-state index in [0.29, 0.717) is 6.61 Å². The third-order valence-corrected chi connectivity index (χ3v) is 5.83. The average Bonchev–Trinajstić information content (AvgIpc) is 3.28. The molecule has 2 aromatic heterocycles. The molecular formula is C21H26N4O2. The number of rotatable bonds is 4. The summed E-state index contributed by atoms with van der Waals surface area (Å²) in [4.78, 5) is 2.51. The lowest BCUT2D eigenvalue weighted by Crippen LogP contribution is -2.38. The smallest absolute Gasteiger partial charge is 0.129 e. The topological polar surface area (TPSA) is 44.5 Å². The summed E-state index contributed by atoms with van der Waals surface area (Å²) in [6.45, 7) is 5.40. The molecule has 2 aliphatic heterocycles. The summed E-state index contributed by atoms with van der Waals surface area (Å²) in [6.07, 6.45) is 6.52. The van der Waals surface area contributed by atoms with Gasteiger partial charge in [-0.1, -0.05) is 6.07 Å². The number of piperidine rings is 1. The van der Waals surface area contributed by atoms with E-state index in [1.165, 1.54) is 22.2 Å². The Morgan fingerprint density at radius 3 is 2.96 bits per heavy atom. The van der Waals surface area contributed by atoms with Crippen LogP contribution < -0.4 is 4.74 Å². The van der Waals surface area contributed by atoms with E-state index >= 15 is 0 Å². The maximum absolute atomic E-state index is 6.38. The van der Waals surface area contributed by atoms with Gasteiger partial charge in [0.2, 0.25) is 0 Å². The molecular weight excluding hydrogens is 340 g/mol. The first kappa shape index (κ1) is 16.8. The summed E-state index contributed by atoms with van der Waals surface area (Å²) in [5.74, 6) is 1.01. The Morgan fingerprint density at radius 1 is 1.19 bits per heavy atom. The van der Waals surface area contributed by atoms with E-state index in [4.69, 9.17) is 9.47 Å². The van der Waals surface area contributed by atoms with Crippen molar-refractivity contribution in [2.75, 3.05) is 19.7 Å². The van der Waals surface area contributed by atoms with Gasteiger partial charge in [-0.25, -0.2) is 0 Å². The number of hydrogen-bond acceptors (Lipinski definition) is 4. The van der Waals surface area contributed by atoms with E-state index in [1.807, 2.05) is 6.20 Å². The first-order valence-corrected chi connectivity index (χ1v) is 9.82. The molecule has 4 heterocycles. The molecule has 27 heavy (non-hydrogen) atoms. The molecule has 1 saturated heterocycles. The predicted molar refractivity (Wildman–Crippen MR) is 104 cm³/mol. The maximum Gasteiger partial charge on any atom is 0.129 e. The van der Waals surface area contributed by atoms with E-state index in [2.05, 4.69) is 56.8 Å². The number of benzene rings is 1. The van der Waals surface area contributed by atoms with Gasteiger partial charge < -0.3 is 14.0 Å². The highest BCUT2D eigenvalue weighted by molar-refractivity contribution is 5.86. The standard InChI is InChI=1S/C21H26N4O2/c1-23-8-7-18-19(23)3-2-4-21(18)27-17-5-9-24(10-6-17)14-16-13-22-25-11-12-26-15-20(16)25/h2-4,7-8,13,17H,5-6,9-12,14-15H2,1H3. The second kappa shape index (κ2) is 7.02. The van der Waals surface area contributed by atoms with E-state index in [9.17, 15) is 0 Å². The van der Waals surface area contributed by atoms with Crippen molar-refractivity contribution in [2.45, 2.75) is 38.6 Å². The van der Waals surface area contributed by atoms with Crippen LogP contribution in [-0.4, -0.2) is 45.0 Å². The van der Waals surface area contributed by atoms with Crippen molar-refractivity contribution < 1.29 is 9.47 Å². The lowest BCUT2D eigenvalue weighted by Gasteiger charge is -2.32. The molecule has 6 heteroatoms. The van der Waals surface area contributed by atoms with Crippen LogP contribution in [0.5, 0.6) is 5.75 Å². The Labute approximate surface area is 159 Å². The first-order valence-electron chi connectivity index (χ1n) is 9.82. The molecule has 0 amide bonds. The second-order valence-electron chi connectivity index (χ2n) is 7.60. The summed E-state index contributed by atoms with van der Waals surface area (Å²) >= 11 is 0. The molecule has 0 atom stereocenters. The Balaban J connectivity index is 1.21. The minimum Gasteiger partial charge on any atom is -0.490 e. The van der Waals surface area contributed by atoms with Crippen molar-refractivity contribution in [3.63, 3.8) is 0 Å². The lowest BCUT2D eigenvalue weighted by atomic mass is 10.1. The van der Waals surface area contributed by atoms with Crippen LogP contribution in [0.3, 0.4) is 0 Å². The quantitative estimate of drug-likeness (QED) is 0.712. The summed E-state index contributed by atoms with van der Waals surface area (Å²) in [5, 5.41) is 5.71. The molecule has 5 rings (SSSR count). The second-order valence-corrected chi connectivity index (χ2v) is 7.60. The molecule has 3 aromatic rings. The van der Waals surface area contributed by atoms with Gasteiger partial charge in [0.25, 0.3) is 0 Å². The SMILES string of the molecule is Cn1ccc2c(OC3CCN(Cc4cnn5c4COCC5)CC3)cccc21. The van der Waals surface area contributed by atoms with Crippen LogP contribution in [0.2, 0.25) is 0 Å². The zero-order valence-electron chi connectivity index (χ0n) is 15.8. The summed E-state index contributed by atoms with van der Waals surface area (Å²) in [6, 6.07) is 8.46. The Kier molecular flexibility index (Phi) is 4.38. The minimum absolute atomic E-state index is 0.288. The number of hydrogen-bond donors (Lipinski definition) is 0. The first-order chi connectivity index (χ1) is 13.3. The highest BCUT2D eigenvalue weighted by Gasteiger charge is 2.23. The molecule has 0 N–H and O–H groups in total. The summed E-state index contributed by atoms with van der Waals surface area (Å²) in [7, 11) is 2.07. The molecule has 0 radical (unpaired) electrons. The summed E-state index contributed by atoms with van der Waals surface area (Å²) < 4.78 is 16.2. The van der Waals surface area contributed by atoms with E-state index in [0.717, 1.165) is 51.4 Å². The van der Waals surface area contributed by atoms with Crippen molar-refractivity contribution in [2.24, 2.45) is 7.05 Å². The monoisotopic (exact) mass is 366 g/mol. The van der Waals surface area contributed by atoms with Crippen LogP contribution in [-0.2, 0) is 31.5 Å². The van der Waals surface area contributed by atoms with E-state index < -0.39 is 0 Å². The zero-order chi connectivity index (χ0) is 18.2. The van der Waals surface area contributed by atoms with Crippen LogP contribution in [0.25, 0.3) is 10.9 Å². The zero-order valence-corrected chi connectivity index (χ0v) is 15.8. The molecule has 0 unspecified atom stereocenters. The Morgan fingerprint density at radius 2 is 2.07 bits per heavy atom. The van der Waals surface area contributed by atoms with Gasteiger partial charge in [-0.2, -0.15) is 5.10 Å². The highest BCUT2D eigenvalue weighted by Crippen LogP contribution is 2.29. The third kappa shape index (κ3) is 3.24. The molecule has 0 saturated carbocycles. The van der Waals surface area contributed by atoms with Crippen LogP contribution in [0, 0.1) is 0 Å². The fourth-order valence-corrected chi connectivity index (χ4v) is 4.24. The number of fused-ring (bicyclic) bond motifs is 2. The lowest BCUT2D eigenvalue weighted by molar-refractivity contribution is 0.0764. The van der Waals surface area contributed by atoms with Gasteiger partial charge in [-0.05, 0) is 31.0 Å². The summed E-state index contributed by atoms with van der Waals surface area (Å²) in [5.41, 5.74) is 3.77. The molecule has 1 fully saturated rings. The van der Waals surface area contributed by atoms with Crippen molar-refractivity contribution in [3.8, 4) is 5.75 Å². The van der Waals surface area contributed by atoms with Gasteiger partial charge in [-0.15, -0.1) is 0 Å². The molecule has 1 aromatic carbocycles. The Hall–Kier alpha value is -2.31.